The van der Waals surface area contributed by atoms with Crippen molar-refractivity contribution in [1.29, 1.82) is 5.26 Å². The van der Waals surface area contributed by atoms with Crippen LogP contribution in [-0.4, -0.2) is 46.3 Å². The van der Waals surface area contributed by atoms with Gasteiger partial charge in [0, 0.05) is 34.8 Å². The van der Waals surface area contributed by atoms with Crippen molar-refractivity contribution in [1.82, 2.24) is 9.80 Å². The Bertz CT molecular complexity index is 1060. The first-order chi connectivity index (χ1) is 14.6. The molecule has 2 saturated heterocycles. The fourth-order valence-corrected chi connectivity index (χ4v) is 4.84. The molecule has 0 spiro atoms. The van der Waals surface area contributed by atoms with Crippen molar-refractivity contribution in [3.63, 3.8) is 0 Å². The van der Waals surface area contributed by atoms with Crippen LogP contribution in [0.4, 0.5) is 0 Å². The molecule has 0 aromatic heterocycles. The van der Waals surface area contributed by atoms with Gasteiger partial charge in [-0.05, 0) is 55.7 Å². The molecule has 2 aliphatic heterocycles. The highest BCUT2D eigenvalue weighted by molar-refractivity contribution is 6.35. The Balaban J connectivity index is 2.02. The molecule has 2 aliphatic rings. The molecule has 2 atom stereocenters. The highest BCUT2D eigenvalue weighted by Crippen LogP contribution is 2.39. The lowest BCUT2D eigenvalue weighted by molar-refractivity contribution is -0.159. The highest BCUT2D eigenvalue weighted by Gasteiger charge is 2.57. The Morgan fingerprint density at radius 3 is 2.71 bits per heavy atom. The monoisotopic (exact) mass is 458 g/mol. The zero-order chi connectivity index (χ0) is 22.9. The number of carbonyl (C=O) groups excluding carboxylic acids is 2. The summed E-state index contributed by atoms with van der Waals surface area (Å²) in [7, 11) is 0. The van der Waals surface area contributed by atoms with Gasteiger partial charge in [-0.2, -0.15) is 5.26 Å². The van der Waals surface area contributed by atoms with E-state index in [0.29, 0.717) is 35.7 Å². The summed E-state index contributed by atoms with van der Waals surface area (Å²) in [5.41, 5.74) is 8.03. The number of benzene rings is 1. The fraction of sp³-hybridized carbons (Fsp3) is 0.348. The van der Waals surface area contributed by atoms with Gasteiger partial charge in [-0.25, -0.2) is 0 Å². The van der Waals surface area contributed by atoms with Gasteiger partial charge in [-0.15, -0.1) is 0 Å². The summed E-state index contributed by atoms with van der Waals surface area (Å²) in [6.45, 7) is 7.46. The minimum absolute atomic E-state index is 0.0754. The number of carbonyl (C=O) groups is 2. The molecule has 0 radical (unpaired) electrons. The Hall–Kier alpha value is -2.59. The van der Waals surface area contributed by atoms with Gasteiger partial charge in [0.1, 0.15) is 12.1 Å². The molecule has 31 heavy (non-hydrogen) atoms. The van der Waals surface area contributed by atoms with E-state index >= 15 is 0 Å². The van der Waals surface area contributed by atoms with E-state index in [1.54, 1.807) is 30.0 Å². The van der Waals surface area contributed by atoms with E-state index in [4.69, 9.17) is 34.2 Å². The van der Waals surface area contributed by atoms with Crippen molar-refractivity contribution in [3.8, 4) is 6.07 Å². The first kappa shape index (κ1) is 23.1. The van der Waals surface area contributed by atoms with Crippen LogP contribution in [0.15, 0.2) is 52.7 Å². The molecule has 2 fully saturated rings. The summed E-state index contributed by atoms with van der Waals surface area (Å²) in [5, 5.41) is 9.71. The second-order valence-electron chi connectivity index (χ2n) is 8.08. The molecular weight excluding hydrogens is 435 g/mol. The average Bonchev–Trinajstić information content (AvgIpc) is 3.03. The number of fused-ring (bicyclic) bond motifs is 1. The molecule has 2 N–H and O–H groups in total. The number of nitrogens with zero attached hydrogens (tertiary/aromatic N) is 3. The van der Waals surface area contributed by atoms with Crippen molar-refractivity contribution >= 4 is 35.0 Å². The molecule has 1 aromatic rings. The zero-order valence-corrected chi connectivity index (χ0v) is 19.0. The number of amides is 2. The molecule has 1 aromatic carbocycles. The summed E-state index contributed by atoms with van der Waals surface area (Å²) in [6, 6.07) is 7.18. The molecule has 0 aliphatic carbocycles. The maximum atomic E-state index is 13.8. The lowest BCUT2D eigenvalue weighted by atomic mass is 9.82. The van der Waals surface area contributed by atoms with Crippen molar-refractivity contribution in [2.45, 2.75) is 38.3 Å². The third kappa shape index (κ3) is 4.54. The number of piperazine rings is 1. The average molecular weight is 459 g/mol. The number of nitrogens with two attached hydrogens (primary N) is 1. The molecule has 0 saturated carbocycles. The second-order valence-corrected chi connectivity index (χ2v) is 9.00. The zero-order valence-electron chi connectivity index (χ0n) is 17.5. The van der Waals surface area contributed by atoms with Crippen LogP contribution in [0.1, 0.15) is 30.0 Å². The molecule has 8 heteroatoms. The van der Waals surface area contributed by atoms with Crippen molar-refractivity contribution in [2.24, 2.45) is 5.73 Å². The van der Waals surface area contributed by atoms with Crippen LogP contribution in [-0.2, 0) is 16.0 Å². The Kier molecular flexibility index (Phi) is 6.61. The molecular formula is C23H24Cl2N4O2. The van der Waals surface area contributed by atoms with Gasteiger partial charge in [0.05, 0.1) is 11.6 Å². The number of halogens is 2. The molecule has 3 rings (SSSR count). The number of nitriles is 1. The Morgan fingerprint density at radius 2 is 2.10 bits per heavy atom. The third-order valence-electron chi connectivity index (χ3n) is 5.79. The topological polar surface area (TPSA) is 90.4 Å². The summed E-state index contributed by atoms with van der Waals surface area (Å²) >= 11 is 12.0. The molecule has 2 amide bonds. The SMILES string of the molecule is C=C(Cl)/C=C(Cl)\C=C(/C)N1CC(=O)N2CC(N)CC2(Cc2ccc(C#N)cc2C)C1=O. The maximum Gasteiger partial charge on any atom is 0.253 e. The van der Waals surface area contributed by atoms with Gasteiger partial charge in [0.15, 0.2) is 0 Å². The fourth-order valence-electron chi connectivity index (χ4n) is 4.38. The summed E-state index contributed by atoms with van der Waals surface area (Å²) in [6.07, 6.45) is 3.75. The van der Waals surface area contributed by atoms with Gasteiger partial charge < -0.3 is 15.5 Å². The number of aryl methyl sites for hydroxylation is 1. The van der Waals surface area contributed by atoms with Crippen LogP contribution in [0.3, 0.4) is 0 Å². The third-order valence-corrected chi connectivity index (χ3v) is 6.12. The number of allylic oxidation sites excluding steroid dienone is 5. The summed E-state index contributed by atoms with van der Waals surface area (Å²) < 4.78 is 0. The van der Waals surface area contributed by atoms with Gasteiger partial charge in [0.2, 0.25) is 5.91 Å². The molecule has 2 heterocycles. The van der Waals surface area contributed by atoms with Gasteiger partial charge in [-0.3, -0.25) is 9.59 Å². The van der Waals surface area contributed by atoms with E-state index < -0.39 is 5.54 Å². The molecule has 0 bridgehead atoms. The largest absolute Gasteiger partial charge is 0.326 e. The highest BCUT2D eigenvalue weighted by atomic mass is 35.5. The Morgan fingerprint density at radius 1 is 1.39 bits per heavy atom. The van der Waals surface area contributed by atoms with Gasteiger partial charge in [0.25, 0.3) is 5.91 Å². The minimum atomic E-state index is -1.07. The standard InChI is InChI=1S/C23H24Cl2N4O2/c1-14-6-17(11-26)4-5-18(14)9-23-10-20(27)12-29(23)21(30)13-28(22(23)31)16(3)8-19(25)7-15(2)24/h4-8,20H,2,9-10,12-13,27H2,1,3H3/b16-8+,19-7+. The predicted molar refractivity (Wildman–Crippen MR) is 121 cm³/mol. The first-order valence-electron chi connectivity index (χ1n) is 9.85. The van der Waals surface area contributed by atoms with E-state index in [9.17, 15) is 9.59 Å². The summed E-state index contributed by atoms with van der Waals surface area (Å²) in [4.78, 5) is 29.9. The Labute approximate surface area is 192 Å². The molecule has 2 unspecified atom stereocenters. The van der Waals surface area contributed by atoms with Crippen LogP contribution in [0.25, 0.3) is 0 Å². The van der Waals surface area contributed by atoms with Crippen molar-refractivity contribution in [3.05, 3.63) is 69.4 Å². The van der Waals surface area contributed by atoms with Crippen LogP contribution >= 0.6 is 23.2 Å². The van der Waals surface area contributed by atoms with Crippen LogP contribution in [0.5, 0.6) is 0 Å². The second kappa shape index (κ2) is 8.88. The van der Waals surface area contributed by atoms with E-state index in [1.807, 2.05) is 13.0 Å². The number of hydrogen-bond donors (Lipinski definition) is 1. The number of rotatable bonds is 5. The van der Waals surface area contributed by atoms with Crippen molar-refractivity contribution < 1.29 is 9.59 Å². The number of hydrogen-bond acceptors (Lipinski definition) is 4. The van der Waals surface area contributed by atoms with Crippen LogP contribution in [0.2, 0.25) is 0 Å². The predicted octanol–water partition coefficient (Wildman–Crippen LogP) is 3.33. The lowest BCUT2D eigenvalue weighted by Gasteiger charge is -2.46. The van der Waals surface area contributed by atoms with E-state index in [0.717, 1.165) is 11.1 Å². The quantitative estimate of drug-likeness (QED) is 0.684. The van der Waals surface area contributed by atoms with E-state index in [-0.39, 0.29) is 29.4 Å². The van der Waals surface area contributed by atoms with E-state index in [1.165, 1.54) is 11.0 Å². The minimum Gasteiger partial charge on any atom is -0.326 e. The van der Waals surface area contributed by atoms with Crippen molar-refractivity contribution in [2.75, 3.05) is 13.1 Å². The van der Waals surface area contributed by atoms with Gasteiger partial charge >= 0.3 is 0 Å². The van der Waals surface area contributed by atoms with Crippen LogP contribution in [0, 0.1) is 18.3 Å². The first-order valence-corrected chi connectivity index (χ1v) is 10.6. The smallest absolute Gasteiger partial charge is 0.253 e. The summed E-state index contributed by atoms with van der Waals surface area (Å²) in [5.74, 6) is -0.347. The maximum absolute atomic E-state index is 13.8. The molecule has 162 valence electrons. The van der Waals surface area contributed by atoms with Crippen LogP contribution < -0.4 is 5.73 Å². The van der Waals surface area contributed by atoms with Gasteiger partial charge in [-0.1, -0.05) is 35.8 Å². The van der Waals surface area contributed by atoms with E-state index in [2.05, 4.69) is 12.6 Å². The molecule has 6 nitrogen and oxygen atoms in total. The lowest BCUT2D eigenvalue weighted by Crippen LogP contribution is -2.66. The normalized spacial score (nSPS) is 24.3.